The van der Waals surface area contributed by atoms with E-state index in [0.717, 1.165) is 25.5 Å². The van der Waals surface area contributed by atoms with Gasteiger partial charge in [0.25, 0.3) is 0 Å². The lowest BCUT2D eigenvalue weighted by Crippen LogP contribution is -2.47. The Balaban J connectivity index is 1.66. The molecule has 0 radical (unpaired) electrons. The fraction of sp³-hybridized carbons (Fsp3) is 0.647. The summed E-state index contributed by atoms with van der Waals surface area (Å²) >= 11 is 0. The maximum absolute atomic E-state index is 14.3. The van der Waals surface area contributed by atoms with Crippen molar-refractivity contribution in [1.82, 2.24) is 15.6 Å². The van der Waals surface area contributed by atoms with Crippen LogP contribution in [0.25, 0.3) is 0 Å². The molecule has 10 heteroatoms. The van der Waals surface area contributed by atoms with Gasteiger partial charge in [-0.1, -0.05) is 0 Å². The number of halogens is 4. The molecular weight excluding hydrogens is 368 g/mol. The minimum atomic E-state index is -4.32. The van der Waals surface area contributed by atoms with Crippen LogP contribution in [0.1, 0.15) is 31.2 Å². The largest absolute Gasteiger partial charge is 0.481 e. The highest BCUT2D eigenvalue weighted by Crippen LogP contribution is 2.42. The lowest BCUT2D eigenvalue weighted by Gasteiger charge is -2.38. The summed E-state index contributed by atoms with van der Waals surface area (Å²) in [5.74, 6) is -2.71. The van der Waals surface area contributed by atoms with E-state index in [0.29, 0.717) is 12.0 Å². The number of methoxy groups -OCH3 is 1. The lowest BCUT2D eigenvalue weighted by molar-refractivity contribution is -0.197. The van der Waals surface area contributed by atoms with Crippen molar-refractivity contribution in [2.75, 3.05) is 19.0 Å². The minimum Gasteiger partial charge on any atom is -0.481 e. The van der Waals surface area contributed by atoms with Crippen LogP contribution in [-0.2, 0) is 11.3 Å². The number of anilines is 1. The lowest BCUT2D eigenvalue weighted by atomic mass is 9.79. The van der Waals surface area contributed by atoms with Gasteiger partial charge < -0.3 is 20.7 Å². The predicted molar refractivity (Wildman–Crippen MR) is 89.8 cm³/mol. The summed E-state index contributed by atoms with van der Waals surface area (Å²) in [6.07, 6.45) is -2.37. The van der Waals surface area contributed by atoms with Crippen molar-refractivity contribution in [3.05, 3.63) is 17.4 Å². The third-order valence-electron chi connectivity index (χ3n) is 5.06. The van der Waals surface area contributed by atoms with E-state index in [-0.39, 0.29) is 36.6 Å². The summed E-state index contributed by atoms with van der Waals surface area (Å²) in [5.41, 5.74) is 0.313. The molecule has 0 bridgehead atoms. The van der Waals surface area contributed by atoms with E-state index in [1.54, 1.807) is 0 Å². The van der Waals surface area contributed by atoms with Crippen LogP contribution in [0.5, 0.6) is 5.88 Å². The number of carbonyl (C=O) groups is 1. The van der Waals surface area contributed by atoms with E-state index < -0.39 is 24.0 Å². The molecule has 1 aliphatic heterocycles. The number of nitrogens with zero attached hydrogens (tertiary/aromatic N) is 1. The quantitative estimate of drug-likeness (QED) is 0.651. The van der Waals surface area contributed by atoms with Gasteiger partial charge in [-0.3, -0.25) is 4.79 Å². The second kappa shape index (κ2) is 7.87. The molecule has 0 aromatic carbocycles. The molecule has 1 amide bonds. The Morgan fingerprint density at radius 3 is 2.70 bits per heavy atom. The van der Waals surface area contributed by atoms with Gasteiger partial charge in [-0.25, -0.2) is 4.39 Å². The molecule has 1 aromatic rings. The monoisotopic (exact) mass is 390 g/mol. The normalized spacial score (nSPS) is 25.0. The van der Waals surface area contributed by atoms with E-state index in [1.807, 2.05) is 0 Å². The maximum Gasteiger partial charge on any atom is 0.393 e. The molecule has 3 rings (SSSR count). The van der Waals surface area contributed by atoms with Gasteiger partial charge in [0, 0.05) is 18.2 Å². The van der Waals surface area contributed by atoms with Gasteiger partial charge in [0.1, 0.15) is 0 Å². The first-order chi connectivity index (χ1) is 12.8. The van der Waals surface area contributed by atoms with Gasteiger partial charge in [-0.15, -0.1) is 0 Å². The number of rotatable bonds is 6. The number of hydrogen-bond acceptors (Lipinski definition) is 5. The van der Waals surface area contributed by atoms with Crippen LogP contribution in [0.15, 0.2) is 6.07 Å². The Morgan fingerprint density at radius 2 is 2.15 bits per heavy atom. The Bertz CT molecular complexity index is 692. The van der Waals surface area contributed by atoms with Crippen molar-refractivity contribution in [3.8, 4) is 5.88 Å². The SMILES string of the molecule is COc1nc(N[C@H]2CCC2C(F)(F)F)c(F)cc1CNC(=O)C1CCCN1. The molecule has 27 heavy (non-hydrogen) atoms. The molecule has 2 unspecified atom stereocenters. The molecule has 2 fully saturated rings. The topological polar surface area (TPSA) is 75.3 Å². The number of nitrogens with one attached hydrogen (secondary N) is 3. The van der Waals surface area contributed by atoms with Crippen LogP contribution in [0.3, 0.4) is 0 Å². The number of ether oxygens (including phenoxy) is 1. The Morgan fingerprint density at radius 1 is 1.37 bits per heavy atom. The van der Waals surface area contributed by atoms with E-state index in [4.69, 9.17) is 4.74 Å². The maximum atomic E-state index is 14.3. The predicted octanol–water partition coefficient (Wildman–Crippen LogP) is 2.35. The van der Waals surface area contributed by atoms with Crippen molar-refractivity contribution in [1.29, 1.82) is 0 Å². The zero-order valence-electron chi connectivity index (χ0n) is 14.8. The molecule has 1 aliphatic carbocycles. The van der Waals surface area contributed by atoms with Gasteiger partial charge in [0.05, 0.1) is 19.1 Å². The molecule has 2 heterocycles. The first kappa shape index (κ1) is 19.7. The summed E-state index contributed by atoms with van der Waals surface area (Å²) in [6.45, 7) is 0.789. The Kier molecular flexibility index (Phi) is 5.73. The molecule has 3 atom stereocenters. The van der Waals surface area contributed by atoms with Crippen molar-refractivity contribution >= 4 is 11.7 Å². The average Bonchev–Trinajstić information content (AvgIpc) is 3.10. The number of aromatic nitrogens is 1. The van der Waals surface area contributed by atoms with E-state index in [9.17, 15) is 22.4 Å². The Labute approximate surface area is 154 Å². The molecule has 1 saturated carbocycles. The third-order valence-corrected chi connectivity index (χ3v) is 5.06. The molecule has 1 aromatic heterocycles. The smallest absolute Gasteiger partial charge is 0.393 e. The first-order valence-electron chi connectivity index (χ1n) is 8.87. The second-order valence-electron chi connectivity index (χ2n) is 6.83. The summed E-state index contributed by atoms with van der Waals surface area (Å²) in [5, 5.41) is 8.28. The molecular formula is C17H22F4N4O2. The highest BCUT2D eigenvalue weighted by Gasteiger charge is 2.50. The minimum absolute atomic E-state index is 0.0129. The molecule has 0 spiro atoms. The highest BCUT2D eigenvalue weighted by atomic mass is 19.4. The van der Waals surface area contributed by atoms with E-state index in [2.05, 4.69) is 20.9 Å². The third kappa shape index (κ3) is 4.42. The van der Waals surface area contributed by atoms with Crippen molar-refractivity contribution in [2.24, 2.45) is 5.92 Å². The summed E-state index contributed by atoms with van der Waals surface area (Å²) in [4.78, 5) is 16.0. The Hall–Kier alpha value is -2.10. The molecule has 6 nitrogen and oxygen atoms in total. The first-order valence-corrected chi connectivity index (χ1v) is 8.87. The van der Waals surface area contributed by atoms with Gasteiger partial charge in [0.15, 0.2) is 11.6 Å². The average molecular weight is 390 g/mol. The van der Waals surface area contributed by atoms with Crippen LogP contribution in [0.4, 0.5) is 23.4 Å². The second-order valence-corrected chi connectivity index (χ2v) is 6.83. The fourth-order valence-corrected chi connectivity index (χ4v) is 3.37. The molecule has 1 saturated heterocycles. The number of hydrogen-bond donors (Lipinski definition) is 3. The van der Waals surface area contributed by atoms with E-state index in [1.165, 1.54) is 7.11 Å². The number of carbonyl (C=O) groups excluding carboxylic acids is 1. The standard InChI is InChI=1S/C17H22F4N4O2/c1-27-16-9(8-23-15(26)13-3-2-6-22-13)7-11(18)14(25-16)24-12-5-4-10(12)17(19,20)21/h7,10,12-13,22H,2-6,8H2,1H3,(H,23,26)(H,24,25)/t10?,12-,13?/m0/s1. The zero-order valence-corrected chi connectivity index (χ0v) is 14.8. The number of pyridine rings is 1. The van der Waals surface area contributed by atoms with Crippen molar-refractivity contribution in [2.45, 2.75) is 50.5 Å². The molecule has 2 aliphatic rings. The van der Waals surface area contributed by atoms with Gasteiger partial charge in [-0.05, 0) is 38.3 Å². The van der Waals surface area contributed by atoms with Crippen LogP contribution >= 0.6 is 0 Å². The van der Waals surface area contributed by atoms with E-state index >= 15 is 0 Å². The number of alkyl halides is 3. The van der Waals surface area contributed by atoms with Crippen LogP contribution in [0.2, 0.25) is 0 Å². The van der Waals surface area contributed by atoms with Gasteiger partial charge >= 0.3 is 6.18 Å². The van der Waals surface area contributed by atoms with Crippen molar-refractivity contribution in [3.63, 3.8) is 0 Å². The van der Waals surface area contributed by atoms with Gasteiger partial charge in [0.2, 0.25) is 11.8 Å². The van der Waals surface area contributed by atoms with Gasteiger partial charge in [-0.2, -0.15) is 18.2 Å². The summed E-state index contributed by atoms with van der Waals surface area (Å²) < 4.78 is 58.0. The molecule has 3 N–H and O–H groups in total. The summed E-state index contributed by atoms with van der Waals surface area (Å²) in [7, 11) is 1.33. The van der Waals surface area contributed by atoms with Crippen LogP contribution in [0, 0.1) is 11.7 Å². The molecule has 150 valence electrons. The van der Waals surface area contributed by atoms with Crippen LogP contribution < -0.4 is 20.7 Å². The van der Waals surface area contributed by atoms with Crippen molar-refractivity contribution < 1.29 is 27.1 Å². The fourth-order valence-electron chi connectivity index (χ4n) is 3.37. The number of amides is 1. The summed E-state index contributed by atoms with van der Waals surface area (Å²) in [6, 6.07) is -0.0546. The van der Waals surface area contributed by atoms with Crippen LogP contribution in [-0.4, -0.2) is 42.8 Å². The highest BCUT2D eigenvalue weighted by molar-refractivity contribution is 5.82. The zero-order chi connectivity index (χ0) is 19.6.